The zero-order chi connectivity index (χ0) is 15.2. The summed E-state index contributed by atoms with van der Waals surface area (Å²) in [6.07, 6.45) is 2.55. The molecule has 0 saturated carbocycles. The van der Waals surface area contributed by atoms with Crippen molar-refractivity contribution in [1.29, 1.82) is 5.26 Å². The van der Waals surface area contributed by atoms with Gasteiger partial charge in [0.15, 0.2) is 0 Å². The molecule has 110 valence electrons. The Hall–Kier alpha value is -1.53. The van der Waals surface area contributed by atoms with E-state index in [0.29, 0.717) is 6.61 Å². The summed E-state index contributed by atoms with van der Waals surface area (Å²) in [5, 5.41) is 8.98. The molecule has 0 aromatic heterocycles. The zero-order valence-corrected chi connectivity index (χ0v) is 13.1. The number of hydrogen-bond donors (Lipinski definition) is 1. The van der Waals surface area contributed by atoms with Crippen LogP contribution in [0.25, 0.3) is 0 Å². The molecule has 0 radical (unpaired) electrons. The zero-order valence-electron chi connectivity index (χ0n) is 13.1. The van der Waals surface area contributed by atoms with Gasteiger partial charge in [0.2, 0.25) is 0 Å². The van der Waals surface area contributed by atoms with E-state index in [2.05, 4.69) is 25.1 Å². The summed E-state index contributed by atoms with van der Waals surface area (Å²) in [6.45, 7) is 8.63. The van der Waals surface area contributed by atoms with E-state index in [1.807, 2.05) is 26.8 Å². The highest BCUT2D eigenvalue weighted by atomic mass is 16.5. The number of ether oxygens (including phenoxy) is 1. The minimum atomic E-state index is -0.273. The van der Waals surface area contributed by atoms with Gasteiger partial charge in [-0.25, -0.2) is 0 Å². The average molecular weight is 274 g/mol. The molecule has 1 atom stereocenters. The maximum absolute atomic E-state index is 8.98. The third-order valence-electron chi connectivity index (χ3n) is 3.26. The summed E-state index contributed by atoms with van der Waals surface area (Å²) >= 11 is 0. The van der Waals surface area contributed by atoms with Crippen molar-refractivity contribution in [2.45, 2.75) is 53.0 Å². The second-order valence-electron chi connectivity index (χ2n) is 6.24. The van der Waals surface area contributed by atoms with Crippen LogP contribution in [0.2, 0.25) is 0 Å². The van der Waals surface area contributed by atoms with Crippen LogP contribution in [0, 0.1) is 23.7 Å². The maximum Gasteiger partial charge on any atom is 0.122 e. The first kappa shape index (κ1) is 16.5. The topological polar surface area (TPSA) is 59.0 Å². The Morgan fingerprint density at radius 3 is 2.70 bits per heavy atom. The lowest BCUT2D eigenvalue weighted by Crippen LogP contribution is -2.18. The molecular formula is C17H26N2O. The molecule has 2 N–H and O–H groups in total. The van der Waals surface area contributed by atoms with Crippen LogP contribution in [0.5, 0.6) is 5.75 Å². The van der Waals surface area contributed by atoms with Crippen molar-refractivity contribution in [3.05, 3.63) is 29.3 Å². The van der Waals surface area contributed by atoms with Crippen molar-refractivity contribution < 1.29 is 4.74 Å². The van der Waals surface area contributed by atoms with Gasteiger partial charge in [-0.2, -0.15) is 5.26 Å². The van der Waals surface area contributed by atoms with Gasteiger partial charge in [0.05, 0.1) is 18.1 Å². The van der Waals surface area contributed by atoms with Crippen LogP contribution < -0.4 is 10.5 Å². The number of rotatable bonds is 7. The average Bonchev–Trinajstić information content (AvgIpc) is 2.36. The molecule has 0 amide bonds. The van der Waals surface area contributed by atoms with E-state index in [-0.39, 0.29) is 11.5 Å². The number of nitrogens with zero attached hydrogens (tertiary/aromatic N) is 1. The molecule has 1 rings (SSSR count). The van der Waals surface area contributed by atoms with Crippen molar-refractivity contribution in [3.8, 4) is 11.8 Å². The van der Waals surface area contributed by atoms with Crippen LogP contribution in [0.15, 0.2) is 18.2 Å². The molecule has 0 bridgehead atoms. The number of aryl methyl sites for hydroxylation is 1. The number of nitriles is 1. The Morgan fingerprint density at radius 2 is 2.10 bits per heavy atom. The summed E-state index contributed by atoms with van der Waals surface area (Å²) in [5.74, 6) is 0.919. The molecule has 0 fully saturated rings. The van der Waals surface area contributed by atoms with E-state index in [0.717, 1.165) is 25.0 Å². The molecule has 1 aromatic carbocycles. The highest BCUT2D eigenvalue weighted by Gasteiger charge is 2.16. The minimum absolute atomic E-state index is 0.122. The molecule has 0 aliphatic heterocycles. The summed E-state index contributed by atoms with van der Waals surface area (Å²) in [4.78, 5) is 0. The van der Waals surface area contributed by atoms with Crippen LogP contribution in [0.4, 0.5) is 0 Å². The quantitative estimate of drug-likeness (QED) is 0.773. The monoisotopic (exact) mass is 274 g/mol. The molecule has 1 unspecified atom stereocenters. The number of benzene rings is 1. The standard InChI is InChI=1S/C17H26N2O/c1-13-6-7-16(15(10-13)11-14(2)19)20-9-5-8-17(3,4)12-18/h6-7,10,14H,5,8-9,11,19H2,1-4H3. The molecule has 3 nitrogen and oxygen atoms in total. The molecule has 0 aliphatic carbocycles. The fourth-order valence-electron chi connectivity index (χ4n) is 2.11. The smallest absolute Gasteiger partial charge is 0.122 e. The van der Waals surface area contributed by atoms with E-state index in [9.17, 15) is 0 Å². The van der Waals surface area contributed by atoms with E-state index in [4.69, 9.17) is 15.7 Å². The molecule has 0 saturated heterocycles. The molecule has 1 aromatic rings. The van der Waals surface area contributed by atoms with E-state index < -0.39 is 0 Å². The van der Waals surface area contributed by atoms with Gasteiger partial charge in [0.1, 0.15) is 5.75 Å². The Balaban J connectivity index is 2.57. The normalized spacial score (nSPS) is 12.8. The largest absolute Gasteiger partial charge is 0.493 e. The SMILES string of the molecule is Cc1ccc(OCCCC(C)(C)C#N)c(CC(C)N)c1. The van der Waals surface area contributed by atoms with Gasteiger partial charge in [-0.3, -0.25) is 0 Å². The van der Waals surface area contributed by atoms with Crippen LogP contribution in [-0.4, -0.2) is 12.6 Å². The third-order valence-corrected chi connectivity index (χ3v) is 3.26. The van der Waals surface area contributed by atoms with E-state index >= 15 is 0 Å². The van der Waals surface area contributed by atoms with Crippen LogP contribution in [0.1, 0.15) is 44.7 Å². The summed E-state index contributed by atoms with van der Waals surface area (Å²) in [5.41, 5.74) is 8.00. The minimum Gasteiger partial charge on any atom is -0.493 e. The molecular weight excluding hydrogens is 248 g/mol. The fraction of sp³-hybridized carbons (Fsp3) is 0.588. The van der Waals surface area contributed by atoms with Gasteiger partial charge < -0.3 is 10.5 Å². The Bertz CT molecular complexity index is 472. The van der Waals surface area contributed by atoms with E-state index in [1.54, 1.807) is 0 Å². The molecule has 20 heavy (non-hydrogen) atoms. The van der Waals surface area contributed by atoms with Crippen molar-refractivity contribution in [1.82, 2.24) is 0 Å². The van der Waals surface area contributed by atoms with Gasteiger partial charge in [-0.1, -0.05) is 17.7 Å². The molecule has 3 heteroatoms. The highest BCUT2D eigenvalue weighted by molar-refractivity contribution is 5.37. The van der Waals surface area contributed by atoms with Gasteiger partial charge in [0, 0.05) is 6.04 Å². The second-order valence-corrected chi connectivity index (χ2v) is 6.24. The third kappa shape index (κ3) is 5.63. The van der Waals surface area contributed by atoms with Crippen molar-refractivity contribution in [2.24, 2.45) is 11.1 Å². The Labute approximate surface area is 122 Å². The number of nitrogens with two attached hydrogens (primary N) is 1. The van der Waals surface area contributed by atoms with Crippen LogP contribution in [-0.2, 0) is 6.42 Å². The van der Waals surface area contributed by atoms with Gasteiger partial charge in [-0.05, 0) is 58.6 Å². The van der Waals surface area contributed by atoms with Crippen molar-refractivity contribution >= 4 is 0 Å². The summed E-state index contributed by atoms with van der Waals surface area (Å²) in [7, 11) is 0. The molecule has 0 spiro atoms. The molecule has 0 heterocycles. The first-order valence-corrected chi connectivity index (χ1v) is 7.23. The summed E-state index contributed by atoms with van der Waals surface area (Å²) < 4.78 is 5.87. The van der Waals surface area contributed by atoms with Crippen LogP contribution >= 0.6 is 0 Å². The highest BCUT2D eigenvalue weighted by Crippen LogP contribution is 2.24. The van der Waals surface area contributed by atoms with Crippen LogP contribution in [0.3, 0.4) is 0 Å². The lowest BCUT2D eigenvalue weighted by molar-refractivity contribution is 0.281. The first-order chi connectivity index (χ1) is 9.34. The molecule has 0 aliphatic rings. The lowest BCUT2D eigenvalue weighted by Gasteiger charge is -2.17. The fourth-order valence-corrected chi connectivity index (χ4v) is 2.11. The lowest BCUT2D eigenvalue weighted by atomic mass is 9.90. The maximum atomic E-state index is 8.98. The predicted octanol–water partition coefficient (Wildman–Crippen LogP) is 3.59. The van der Waals surface area contributed by atoms with Crippen molar-refractivity contribution in [2.75, 3.05) is 6.61 Å². The van der Waals surface area contributed by atoms with E-state index in [1.165, 1.54) is 11.1 Å². The second kappa shape index (κ2) is 7.31. The van der Waals surface area contributed by atoms with Gasteiger partial charge in [0.25, 0.3) is 0 Å². The summed E-state index contributed by atoms with van der Waals surface area (Å²) in [6, 6.07) is 8.64. The predicted molar refractivity (Wildman–Crippen MR) is 82.7 cm³/mol. The van der Waals surface area contributed by atoms with Gasteiger partial charge in [-0.15, -0.1) is 0 Å². The van der Waals surface area contributed by atoms with Crippen molar-refractivity contribution in [3.63, 3.8) is 0 Å². The Kier molecular flexibility index (Phi) is 6.04. The number of hydrogen-bond acceptors (Lipinski definition) is 3. The first-order valence-electron chi connectivity index (χ1n) is 7.23. The van der Waals surface area contributed by atoms with Gasteiger partial charge >= 0.3 is 0 Å². The Morgan fingerprint density at radius 1 is 1.40 bits per heavy atom.